The number of nitrogens with one attached hydrogen (secondary N) is 1. The van der Waals surface area contributed by atoms with Gasteiger partial charge in [-0.05, 0) is 37.7 Å². The summed E-state index contributed by atoms with van der Waals surface area (Å²) in [4.78, 5) is 0. The predicted molar refractivity (Wildman–Crippen MR) is 86.8 cm³/mol. The van der Waals surface area contributed by atoms with Gasteiger partial charge in [-0.3, -0.25) is 4.68 Å². The van der Waals surface area contributed by atoms with E-state index in [1.54, 1.807) is 0 Å². The number of fused-ring (bicyclic) bond motifs is 1. The Bertz CT molecular complexity index is 785. The van der Waals surface area contributed by atoms with Gasteiger partial charge < -0.3 is 9.88 Å². The highest BCUT2D eigenvalue weighted by molar-refractivity contribution is 6.31. The lowest BCUT2D eigenvalue weighted by atomic mass is 10.2. The molecule has 5 heteroatoms. The van der Waals surface area contributed by atoms with Gasteiger partial charge in [0.25, 0.3) is 0 Å². The van der Waals surface area contributed by atoms with E-state index >= 15 is 0 Å². The molecule has 0 radical (unpaired) electrons. The number of hydrogen-bond donors (Lipinski definition) is 1. The molecule has 0 amide bonds. The van der Waals surface area contributed by atoms with Crippen molar-refractivity contribution < 1.29 is 0 Å². The van der Waals surface area contributed by atoms with Crippen LogP contribution in [0.15, 0.2) is 30.5 Å². The topological polar surface area (TPSA) is 34.8 Å². The van der Waals surface area contributed by atoms with Crippen LogP contribution < -0.4 is 5.32 Å². The van der Waals surface area contributed by atoms with Crippen LogP contribution in [-0.4, -0.2) is 21.4 Å². The lowest BCUT2D eigenvalue weighted by Crippen LogP contribution is -2.06. The molecule has 1 aromatic carbocycles. The van der Waals surface area contributed by atoms with Crippen LogP contribution in [0.5, 0.6) is 0 Å². The first-order valence-corrected chi connectivity index (χ1v) is 7.37. The zero-order valence-electron chi connectivity index (χ0n) is 12.5. The largest absolute Gasteiger partial charge is 0.341 e. The lowest BCUT2D eigenvalue weighted by molar-refractivity contribution is 0.671. The SMILES string of the molecule is CNCc1cn(Cc2cc(C)nn2C)c2cc(Cl)ccc12. The Balaban J connectivity index is 2.08. The van der Waals surface area contributed by atoms with Crippen molar-refractivity contribution in [2.24, 2.45) is 7.05 Å². The van der Waals surface area contributed by atoms with Gasteiger partial charge in [0.05, 0.1) is 23.4 Å². The normalized spacial score (nSPS) is 11.4. The van der Waals surface area contributed by atoms with Crippen LogP contribution in [-0.2, 0) is 20.1 Å². The molecule has 2 heterocycles. The van der Waals surface area contributed by atoms with Crippen molar-refractivity contribution in [2.45, 2.75) is 20.0 Å². The number of nitrogens with zero attached hydrogens (tertiary/aromatic N) is 3. The molecule has 4 nitrogen and oxygen atoms in total. The summed E-state index contributed by atoms with van der Waals surface area (Å²) in [5, 5.41) is 9.64. The standard InChI is InChI=1S/C16H19ClN4/c1-11-6-14(20(3)19-11)10-21-9-12(8-18-2)15-5-4-13(17)7-16(15)21/h4-7,9,18H,8,10H2,1-3H3. The molecule has 0 aliphatic heterocycles. The summed E-state index contributed by atoms with van der Waals surface area (Å²) in [5.41, 5.74) is 4.66. The highest BCUT2D eigenvalue weighted by Gasteiger charge is 2.11. The number of benzene rings is 1. The highest BCUT2D eigenvalue weighted by Crippen LogP contribution is 2.25. The van der Waals surface area contributed by atoms with Crippen molar-refractivity contribution in [3.8, 4) is 0 Å². The number of aryl methyl sites for hydroxylation is 2. The first kappa shape index (κ1) is 14.2. The van der Waals surface area contributed by atoms with E-state index in [9.17, 15) is 0 Å². The molecule has 0 saturated carbocycles. The minimum atomic E-state index is 0.763. The summed E-state index contributed by atoms with van der Waals surface area (Å²) in [6, 6.07) is 8.18. The number of rotatable bonds is 4. The van der Waals surface area contributed by atoms with Crippen LogP contribution in [0.25, 0.3) is 10.9 Å². The van der Waals surface area contributed by atoms with E-state index in [2.05, 4.69) is 33.3 Å². The first-order valence-electron chi connectivity index (χ1n) is 7.00. The molecule has 1 N–H and O–H groups in total. The molecule has 21 heavy (non-hydrogen) atoms. The Hall–Kier alpha value is -1.78. The summed E-state index contributed by atoms with van der Waals surface area (Å²) < 4.78 is 4.17. The fourth-order valence-electron chi connectivity index (χ4n) is 2.79. The summed E-state index contributed by atoms with van der Waals surface area (Å²) in [6.07, 6.45) is 2.19. The van der Waals surface area contributed by atoms with Crippen molar-refractivity contribution in [3.63, 3.8) is 0 Å². The van der Waals surface area contributed by atoms with Crippen molar-refractivity contribution >= 4 is 22.5 Å². The molecule has 3 aromatic rings. The van der Waals surface area contributed by atoms with Crippen LogP contribution in [0.4, 0.5) is 0 Å². The minimum Gasteiger partial charge on any atom is -0.341 e. The predicted octanol–water partition coefficient (Wildman–Crippen LogP) is 3.10. The van der Waals surface area contributed by atoms with Gasteiger partial charge >= 0.3 is 0 Å². The molecule has 0 fully saturated rings. The minimum absolute atomic E-state index is 0.763. The average Bonchev–Trinajstić information content (AvgIpc) is 2.92. The zero-order chi connectivity index (χ0) is 15.0. The molecule has 110 valence electrons. The van der Waals surface area contributed by atoms with Crippen LogP contribution in [0, 0.1) is 6.92 Å². The quantitative estimate of drug-likeness (QED) is 0.803. The number of hydrogen-bond acceptors (Lipinski definition) is 2. The highest BCUT2D eigenvalue weighted by atomic mass is 35.5. The lowest BCUT2D eigenvalue weighted by Gasteiger charge is -2.06. The van der Waals surface area contributed by atoms with Crippen LogP contribution in [0.1, 0.15) is 17.0 Å². The summed E-state index contributed by atoms with van der Waals surface area (Å²) in [6.45, 7) is 3.65. The van der Waals surface area contributed by atoms with Gasteiger partial charge in [-0.1, -0.05) is 17.7 Å². The zero-order valence-corrected chi connectivity index (χ0v) is 13.3. The van der Waals surface area contributed by atoms with E-state index in [0.717, 1.165) is 29.3 Å². The van der Waals surface area contributed by atoms with Gasteiger partial charge in [-0.25, -0.2) is 0 Å². The van der Waals surface area contributed by atoms with Crippen molar-refractivity contribution in [1.29, 1.82) is 0 Å². The Morgan fingerprint density at radius 2 is 2.10 bits per heavy atom. The third kappa shape index (κ3) is 2.69. The Morgan fingerprint density at radius 3 is 2.76 bits per heavy atom. The van der Waals surface area contributed by atoms with Crippen molar-refractivity contribution in [2.75, 3.05) is 7.05 Å². The summed E-state index contributed by atoms with van der Waals surface area (Å²) >= 11 is 6.17. The van der Waals surface area contributed by atoms with E-state index in [1.807, 2.05) is 37.8 Å². The van der Waals surface area contributed by atoms with E-state index in [4.69, 9.17) is 11.6 Å². The molecule has 0 unspecified atom stereocenters. The smallest absolute Gasteiger partial charge is 0.0645 e. The van der Waals surface area contributed by atoms with Crippen LogP contribution in [0.3, 0.4) is 0 Å². The van der Waals surface area contributed by atoms with Gasteiger partial charge in [0, 0.05) is 30.2 Å². The third-order valence-corrected chi connectivity index (χ3v) is 3.96. The second-order valence-corrected chi connectivity index (χ2v) is 5.81. The van der Waals surface area contributed by atoms with E-state index in [0.29, 0.717) is 0 Å². The number of aromatic nitrogens is 3. The molecule has 0 spiro atoms. The molecule has 0 aliphatic carbocycles. The molecule has 0 bridgehead atoms. The van der Waals surface area contributed by atoms with E-state index in [1.165, 1.54) is 16.6 Å². The molecule has 2 aromatic heterocycles. The summed E-state index contributed by atoms with van der Waals surface area (Å²) in [7, 11) is 3.94. The van der Waals surface area contributed by atoms with Crippen molar-refractivity contribution in [3.05, 3.63) is 52.4 Å². The monoisotopic (exact) mass is 302 g/mol. The Morgan fingerprint density at radius 1 is 1.29 bits per heavy atom. The molecule has 0 atom stereocenters. The van der Waals surface area contributed by atoms with Gasteiger partial charge in [-0.15, -0.1) is 0 Å². The fourth-order valence-corrected chi connectivity index (χ4v) is 2.96. The van der Waals surface area contributed by atoms with Gasteiger partial charge in [0.15, 0.2) is 0 Å². The maximum Gasteiger partial charge on any atom is 0.0645 e. The fraction of sp³-hybridized carbons (Fsp3) is 0.312. The second kappa shape index (κ2) is 5.54. The Labute approximate surface area is 129 Å². The van der Waals surface area contributed by atoms with Crippen LogP contribution >= 0.6 is 11.6 Å². The van der Waals surface area contributed by atoms with Gasteiger partial charge in [0.2, 0.25) is 0 Å². The molecule has 3 rings (SSSR count). The van der Waals surface area contributed by atoms with Crippen molar-refractivity contribution in [1.82, 2.24) is 19.7 Å². The van der Waals surface area contributed by atoms with E-state index in [-0.39, 0.29) is 0 Å². The van der Waals surface area contributed by atoms with Crippen LogP contribution in [0.2, 0.25) is 5.02 Å². The maximum absolute atomic E-state index is 6.17. The first-order chi connectivity index (χ1) is 10.1. The Kier molecular flexibility index (Phi) is 3.74. The molecular weight excluding hydrogens is 284 g/mol. The molecular formula is C16H19ClN4. The summed E-state index contributed by atoms with van der Waals surface area (Å²) in [5.74, 6) is 0. The van der Waals surface area contributed by atoms with E-state index < -0.39 is 0 Å². The average molecular weight is 303 g/mol. The van der Waals surface area contributed by atoms with Gasteiger partial charge in [-0.2, -0.15) is 5.10 Å². The second-order valence-electron chi connectivity index (χ2n) is 5.37. The maximum atomic E-state index is 6.17. The van der Waals surface area contributed by atoms with Gasteiger partial charge in [0.1, 0.15) is 0 Å². The third-order valence-electron chi connectivity index (χ3n) is 3.73. The molecule has 0 saturated heterocycles. The number of halogens is 1. The molecule has 0 aliphatic rings.